The number of ether oxygens (including phenoxy) is 1. The fraction of sp³-hybridized carbons (Fsp3) is 0.250. The maximum absolute atomic E-state index is 12.1. The SMILES string of the molecule is Cc1cc(C)c(NC(=O)CNC(=O)COC(=O)c2cc(Cl)cc(Cl)c2)c(C)c1. The molecule has 8 heteroatoms. The summed E-state index contributed by atoms with van der Waals surface area (Å²) in [5, 5.41) is 5.74. The molecule has 2 N–H and O–H groups in total. The number of aryl methyl sites for hydroxylation is 3. The van der Waals surface area contributed by atoms with Gasteiger partial charge in [0.15, 0.2) is 6.61 Å². The first-order chi connectivity index (χ1) is 13.2. The molecule has 6 nitrogen and oxygen atoms in total. The van der Waals surface area contributed by atoms with Crippen LogP contribution in [0.2, 0.25) is 10.0 Å². The van der Waals surface area contributed by atoms with Gasteiger partial charge in [0, 0.05) is 15.7 Å². The second-order valence-electron chi connectivity index (χ2n) is 6.33. The van der Waals surface area contributed by atoms with E-state index < -0.39 is 18.5 Å². The fourth-order valence-electron chi connectivity index (χ4n) is 2.68. The van der Waals surface area contributed by atoms with E-state index in [0.29, 0.717) is 5.69 Å². The van der Waals surface area contributed by atoms with Gasteiger partial charge in [-0.05, 0) is 50.1 Å². The van der Waals surface area contributed by atoms with Crippen molar-refractivity contribution in [1.82, 2.24) is 5.32 Å². The van der Waals surface area contributed by atoms with Crippen molar-refractivity contribution >= 4 is 46.7 Å². The maximum atomic E-state index is 12.1. The smallest absolute Gasteiger partial charge is 0.338 e. The third-order valence-corrected chi connectivity index (χ3v) is 4.26. The lowest BCUT2D eigenvalue weighted by Crippen LogP contribution is -2.35. The number of halogens is 2. The quantitative estimate of drug-likeness (QED) is 0.692. The predicted molar refractivity (Wildman–Crippen MR) is 109 cm³/mol. The molecule has 0 aliphatic heterocycles. The van der Waals surface area contributed by atoms with Crippen LogP contribution < -0.4 is 10.6 Å². The molecular formula is C20H20Cl2N2O4. The molecule has 0 unspecified atom stereocenters. The standard InChI is InChI=1S/C20H20Cl2N2O4/c1-11-4-12(2)19(13(3)5-11)24-17(25)9-23-18(26)10-28-20(27)14-6-15(21)8-16(22)7-14/h4-8H,9-10H2,1-3H3,(H,23,26)(H,24,25). The third-order valence-electron chi connectivity index (χ3n) is 3.82. The average Bonchev–Trinajstić information content (AvgIpc) is 2.60. The van der Waals surface area contributed by atoms with Gasteiger partial charge in [0.1, 0.15) is 0 Å². The van der Waals surface area contributed by atoms with Crippen LogP contribution in [-0.2, 0) is 14.3 Å². The first-order valence-corrected chi connectivity index (χ1v) is 9.19. The monoisotopic (exact) mass is 422 g/mol. The van der Waals surface area contributed by atoms with E-state index in [0.717, 1.165) is 16.7 Å². The topological polar surface area (TPSA) is 84.5 Å². The lowest BCUT2D eigenvalue weighted by atomic mass is 10.1. The molecule has 0 spiro atoms. The molecule has 0 atom stereocenters. The molecule has 0 radical (unpaired) electrons. The normalized spacial score (nSPS) is 10.3. The van der Waals surface area contributed by atoms with Gasteiger partial charge >= 0.3 is 5.97 Å². The van der Waals surface area contributed by atoms with Crippen LogP contribution in [0.4, 0.5) is 5.69 Å². The van der Waals surface area contributed by atoms with Gasteiger partial charge in [-0.1, -0.05) is 40.9 Å². The number of benzene rings is 2. The number of hydrogen-bond donors (Lipinski definition) is 2. The van der Waals surface area contributed by atoms with Gasteiger partial charge < -0.3 is 15.4 Å². The molecule has 28 heavy (non-hydrogen) atoms. The van der Waals surface area contributed by atoms with Gasteiger partial charge in [0.2, 0.25) is 5.91 Å². The summed E-state index contributed by atoms with van der Waals surface area (Å²) >= 11 is 11.6. The molecule has 0 saturated carbocycles. The molecule has 148 valence electrons. The first kappa shape index (κ1) is 21.7. The van der Waals surface area contributed by atoms with E-state index in [-0.39, 0.29) is 28.1 Å². The summed E-state index contributed by atoms with van der Waals surface area (Å²) in [6, 6.07) is 8.16. The van der Waals surface area contributed by atoms with Crippen molar-refractivity contribution in [1.29, 1.82) is 0 Å². The van der Waals surface area contributed by atoms with Crippen LogP contribution in [0.5, 0.6) is 0 Å². The highest BCUT2D eigenvalue weighted by atomic mass is 35.5. The van der Waals surface area contributed by atoms with E-state index >= 15 is 0 Å². The Kier molecular flexibility index (Phi) is 7.43. The molecule has 0 saturated heterocycles. The van der Waals surface area contributed by atoms with E-state index in [1.54, 1.807) is 0 Å². The Morgan fingerprint density at radius 3 is 2.04 bits per heavy atom. The highest BCUT2D eigenvalue weighted by molar-refractivity contribution is 6.35. The largest absolute Gasteiger partial charge is 0.452 e. The summed E-state index contributed by atoms with van der Waals surface area (Å²) in [5.74, 6) is -1.72. The average molecular weight is 423 g/mol. The summed E-state index contributed by atoms with van der Waals surface area (Å²) in [4.78, 5) is 35.8. The van der Waals surface area contributed by atoms with Crippen molar-refractivity contribution in [3.05, 3.63) is 62.6 Å². The molecule has 2 aromatic rings. The number of esters is 1. The lowest BCUT2D eigenvalue weighted by molar-refractivity contribution is -0.126. The fourth-order valence-corrected chi connectivity index (χ4v) is 3.20. The van der Waals surface area contributed by atoms with Crippen LogP contribution in [-0.4, -0.2) is 30.9 Å². The first-order valence-electron chi connectivity index (χ1n) is 8.43. The number of rotatable bonds is 6. The zero-order valence-electron chi connectivity index (χ0n) is 15.7. The minimum absolute atomic E-state index is 0.133. The van der Waals surface area contributed by atoms with Gasteiger partial charge in [-0.3, -0.25) is 9.59 Å². The number of anilines is 1. The van der Waals surface area contributed by atoms with Crippen molar-refractivity contribution in [2.45, 2.75) is 20.8 Å². The molecule has 0 aromatic heterocycles. The van der Waals surface area contributed by atoms with Crippen LogP contribution in [0.25, 0.3) is 0 Å². The number of nitrogens with one attached hydrogen (secondary N) is 2. The van der Waals surface area contributed by atoms with E-state index in [1.807, 2.05) is 32.9 Å². The van der Waals surface area contributed by atoms with Crippen LogP contribution in [0, 0.1) is 20.8 Å². The second-order valence-corrected chi connectivity index (χ2v) is 7.21. The lowest BCUT2D eigenvalue weighted by Gasteiger charge is -2.13. The molecule has 2 rings (SSSR count). The maximum Gasteiger partial charge on any atom is 0.338 e. The zero-order chi connectivity index (χ0) is 20.8. The van der Waals surface area contributed by atoms with Gasteiger partial charge in [0.05, 0.1) is 12.1 Å². The third kappa shape index (κ3) is 6.25. The summed E-state index contributed by atoms with van der Waals surface area (Å²) in [6.07, 6.45) is 0. The molecule has 0 fully saturated rings. The van der Waals surface area contributed by atoms with Gasteiger partial charge in [0.25, 0.3) is 5.91 Å². The molecule has 2 aromatic carbocycles. The molecule has 2 amide bonds. The van der Waals surface area contributed by atoms with Gasteiger partial charge in [-0.15, -0.1) is 0 Å². The van der Waals surface area contributed by atoms with E-state index in [4.69, 9.17) is 27.9 Å². The Bertz CT molecular complexity index is 885. The number of hydrogen-bond acceptors (Lipinski definition) is 4. The Balaban J connectivity index is 1.82. The number of carbonyl (C=O) groups excluding carboxylic acids is 3. The van der Waals surface area contributed by atoms with Gasteiger partial charge in [-0.25, -0.2) is 4.79 Å². The van der Waals surface area contributed by atoms with E-state index in [9.17, 15) is 14.4 Å². The summed E-state index contributed by atoms with van der Waals surface area (Å²) in [5.41, 5.74) is 3.82. The molecule has 0 aliphatic rings. The van der Waals surface area contributed by atoms with Gasteiger partial charge in [-0.2, -0.15) is 0 Å². The Morgan fingerprint density at radius 1 is 0.893 bits per heavy atom. The molecular weight excluding hydrogens is 403 g/mol. The molecule has 0 bridgehead atoms. The zero-order valence-corrected chi connectivity index (χ0v) is 17.2. The van der Waals surface area contributed by atoms with Crippen molar-refractivity contribution in [2.24, 2.45) is 0 Å². The van der Waals surface area contributed by atoms with Crippen molar-refractivity contribution in [2.75, 3.05) is 18.5 Å². The predicted octanol–water partition coefficient (Wildman–Crippen LogP) is 3.83. The highest BCUT2D eigenvalue weighted by Gasteiger charge is 2.13. The van der Waals surface area contributed by atoms with Crippen molar-refractivity contribution in [3.8, 4) is 0 Å². The molecule has 0 heterocycles. The van der Waals surface area contributed by atoms with Crippen molar-refractivity contribution in [3.63, 3.8) is 0 Å². The van der Waals surface area contributed by atoms with E-state index in [2.05, 4.69) is 10.6 Å². The molecule has 0 aliphatic carbocycles. The highest BCUT2D eigenvalue weighted by Crippen LogP contribution is 2.22. The summed E-state index contributed by atoms with van der Waals surface area (Å²) in [7, 11) is 0. The minimum Gasteiger partial charge on any atom is -0.452 e. The number of carbonyl (C=O) groups is 3. The Hall–Kier alpha value is -2.57. The minimum atomic E-state index is -0.741. The van der Waals surface area contributed by atoms with Crippen LogP contribution in [0.3, 0.4) is 0 Å². The van der Waals surface area contributed by atoms with Crippen molar-refractivity contribution < 1.29 is 19.1 Å². The Morgan fingerprint density at radius 2 is 1.46 bits per heavy atom. The second kappa shape index (κ2) is 9.57. The summed E-state index contributed by atoms with van der Waals surface area (Å²) < 4.78 is 4.90. The van der Waals surface area contributed by atoms with Crippen LogP contribution >= 0.6 is 23.2 Å². The Labute approximate surface area is 173 Å². The van der Waals surface area contributed by atoms with Crippen LogP contribution in [0.15, 0.2) is 30.3 Å². The van der Waals surface area contributed by atoms with Crippen LogP contribution in [0.1, 0.15) is 27.0 Å². The summed E-state index contributed by atoms with van der Waals surface area (Å²) in [6.45, 7) is 5.00. The number of amides is 2. The van der Waals surface area contributed by atoms with E-state index in [1.165, 1.54) is 18.2 Å².